The molecule has 23 heavy (non-hydrogen) atoms. The summed E-state index contributed by atoms with van der Waals surface area (Å²) in [5.74, 6) is -6.49. The van der Waals surface area contributed by atoms with Gasteiger partial charge in [-0.3, -0.25) is 9.78 Å². The van der Waals surface area contributed by atoms with Gasteiger partial charge >= 0.3 is 5.97 Å². The topological polar surface area (TPSA) is 81.2 Å². The van der Waals surface area contributed by atoms with E-state index in [0.717, 1.165) is 12.3 Å². The molecule has 0 aliphatic rings. The largest absolute Gasteiger partial charge is 0.448 e. The molecule has 0 bridgehead atoms. The molecule has 2 rings (SSSR count). The Morgan fingerprint density at radius 2 is 1.91 bits per heavy atom. The maximum absolute atomic E-state index is 13.5. The third-order valence-electron chi connectivity index (χ3n) is 2.72. The molecule has 0 spiro atoms. The highest BCUT2D eigenvalue weighted by atomic mass is 19.2. The fraction of sp³-hybridized carbons (Fsp3) is 0.143. The van der Waals surface area contributed by atoms with Crippen molar-refractivity contribution in [2.24, 2.45) is 0 Å². The predicted molar refractivity (Wildman–Crippen MR) is 71.9 cm³/mol. The number of nitrogens with zero attached hydrogens (tertiary/aromatic N) is 2. The van der Waals surface area contributed by atoms with Crippen molar-refractivity contribution in [3.63, 3.8) is 0 Å². The van der Waals surface area contributed by atoms with Crippen LogP contribution in [-0.4, -0.2) is 27.9 Å². The molecule has 9 heteroatoms. The zero-order valence-corrected chi connectivity index (χ0v) is 11.7. The number of rotatable bonds is 4. The SMILES string of the molecule is C[C@H](OC(=O)c1cnccn1)C(=O)Nc1ccc(F)c(F)c1F. The molecule has 6 nitrogen and oxygen atoms in total. The monoisotopic (exact) mass is 325 g/mol. The minimum atomic E-state index is -1.72. The van der Waals surface area contributed by atoms with Crippen LogP contribution >= 0.6 is 0 Å². The number of esters is 1. The molecule has 1 aromatic heterocycles. The Labute approximate surface area is 128 Å². The van der Waals surface area contributed by atoms with E-state index >= 15 is 0 Å². The number of carbonyl (C=O) groups excluding carboxylic acids is 2. The minimum Gasteiger partial charge on any atom is -0.448 e. The van der Waals surface area contributed by atoms with E-state index in [-0.39, 0.29) is 5.69 Å². The van der Waals surface area contributed by atoms with Gasteiger partial charge in [-0.2, -0.15) is 0 Å². The number of hydrogen-bond donors (Lipinski definition) is 1. The molecular weight excluding hydrogens is 315 g/mol. The number of hydrogen-bond acceptors (Lipinski definition) is 5. The van der Waals surface area contributed by atoms with Crippen LogP contribution in [0.15, 0.2) is 30.7 Å². The van der Waals surface area contributed by atoms with Gasteiger partial charge in [-0.25, -0.2) is 22.9 Å². The maximum Gasteiger partial charge on any atom is 0.359 e. The van der Waals surface area contributed by atoms with Crippen molar-refractivity contribution in [2.45, 2.75) is 13.0 Å². The van der Waals surface area contributed by atoms with Crippen molar-refractivity contribution in [1.82, 2.24) is 9.97 Å². The maximum atomic E-state index is 13.5. The highest BCUT2D eigenvalue weighted by molar-refractivity contribution is 5.96. The van der Waals surface area contributed by atoms with Crippen molar-refractivity contribution >= 4 is 17.6 Å². The van der Waals surface area contributed by atoms with Crippen molar-refractivity contribution in [3.8, 4) is 0 Å². The molecule has 120 valence electrons. The zero-order chi connectivity index (χ0) is 17.0. The molecule has 0 aliphatic heterocycles. The first kappa shape index (κ1) is 16.4. The Balaban J connectivity index is 2.03. The molecule has 0 aliphatic carbocycles. The van der Waals surface area contributed by atoms with Gasteiger partial charge in [0.1, 0.15) is 0 Å². The van der Waals surface area contributed by atoms with Crippen molar-refractivity contribution < 1.29 is 27.5 Å². The van der Waals surface area contributed by atoms with E-state index in [1.54, 1.807) is 0 Å². The molecule has 0 unspecified atom stereocenters. The number of benzene rings is 1. The summed E-state index contributed by atoms with van der Waals surface area (Å²) >= 11 is 0. The van der Waals surface area contributed by atoms with Crippen LogP contribution in [0.3, 0.4) is 0 Å². The Morgan fingerprint density at radius 1 is 1.17 bits per heavy atom. The number of carbonyl (C=O) groups is 2. The zero-order valence-electron chi connectivity index (χ0n) is 11.7. The summed E-state index contributed by atoms with van der Waals surface area (Å²) in [6.45, 7) is 1.22. The van der Waals surface area contributed by atoms with Crippen LogP contribution in [0.25, 0.3) is 0 Å². The second-order valence-electron chi connectivity index (χ2n) is 4.35. The number of anilines is 1. The number of nitrogens with one attached hydrogen (secondary N) is 1. The first-order chi connectivity index (χ1) is 10.9. The summed E-state index contributed by atoms with van der Waals surface area (Å²) in [5, 5.41) is 2.00. The van der Waals surface area contributed by atoms with Gasteiger partial charge in [-0.15, -0.1) is 0 Å². The van der Waals surface area contributed by atoms with E-state index in [1.807, 2.05) is 5.32 Å². The Bertz CT molecular complexity index is 741. The number of halogens is 3. The van der Waals surface area contributed by atoms with Gasteiger partial charge in [0.15, 0.2) is 29.2 Å². The Morgan fingerprint density at radius 3 is 2.57 bits per heavy atom. The third kappa shape index (κ3) is 3.82. The van der Waals surface area contributed by atoms with Crippen LogP contribution in [0.2, 0.25) is 0 Å². The number of ether oxygens (including phenoxy) is 1. The summed E-state index contributed by atoms with van der Waals surface area (Å²) in [5.41, 5.74) is -0.692. The fourth-order valence-corrected chi connectivity index (χ4v) is 1.54. The quantitative estimate of drug-likeness (QED) is 0.687. The van der Waals surface area contributed by atoms with E-state index in [4.69, 9.17) is 4.74 Å². The Kier molecular flexibility index (Phi) is 4.89. The summed E-state index contributed by atoms with van der Waals surface area (Å²) in [4.78, 5) is 30.9. The van der Waals surface area contributed by atoms with Gasteiger partial charge in [0, 0.05) is 12.4 Å². The molecule has 0 fully saturated rings. The average molecular weight is 325 g/mol. The summed E-state index contributed by atoms with van der Waals surface area (Å²) < 4.78 is 44.2. The smallest absolute Gasteiger partial charge is 0.359 e. The molecule has 0 radical (unpaired) electrons. The third-order valence-corrected chi connectivity index (χ3v) is 2.72. The lowest BCUT2D eigenvalue weighted by Gasteiger charge is -2.13. The molecular formula is C14H10F3N3O3. The molecule has 1 N–H and O–H groups in total. The van der Waals surface area contributed by atoms with Crippen LogP contribution in [0.4, 0.5) is 18.9 Å². The molecule has 0 saturated carbocycles. The molecule has 0 saturated heterocycles. The van der Waals surface area contributed by atoms with Crippen LogP contribution in [0.1, 0.15) is 17.4 Å². The van der Waals surface area contributed by atoms with Gasteiger partial charge in [-0.05, 0) is 19.1 Å². The fourth-order valence-electron chi connectivity index (χ4n) is 1.54. The lowest BCUT2D eigenvalue weighted by atomic mass is 10.2. The van der Waals surface area contributed by atoms with Crippen LogP contribution in [0, 0.1) is 17.5 Å². The van der Waals surface area contributed by atoms with Crippen molar-refractivity contribution in [1.29, 1.82) is 0 Å². The van der Waals surface area contributed by atoms with Crippen molar-refractivity contribution in [3.05, 3.63) is 53.9 Å². The number of aromatic nitrogens is 2. The average Bonchev–Trinajstić information content (AvgIpc) is 2.56. The van der Waals surface area contributed by atoms with Crippen LogP contribution in [0.5, 0.6) is 0 Å². The van der Waals surface area contributed by atoms with E-state index in [9.17, 15) is 22.8 Å². The lowest BCUT2D eigenvalue weighted by molar-refractivity contribution is -0.123. The highest BCUT2D eigenvalue weighted by Gasteiger charge is 2.22. The standard InChI is InChI=1S/C14H10F3N3O3/c1-7(23-14(22)10-6-18-4-5-19-10)13(21)20-9-3-2-8(15)11(16)12(9)17/h2-7H,1H3,(H,20,21)/t7-/m0/s1. The minimum absolute atomic E-state index is 0.119. The molecule has 1 aromatic carbocycles. The Hall–Kier alpha value is -2.97. The van der Waals surface area contributed by atoms with Crippen LogP contribution < -0.4 is 5.32 Å². The van der Waals surface area contributed by atoms with E-state index in [0.29, 0.717) is 6.07 Å². The number of amides is 1. The molecule has 2 aromatic rings. The van der Waals surface area contributed by atoms with Gasteiger partial charge in [0.2, 0.25) is 0 Å². The normalized spacial score (nSPS) is 11.7. The van der Waals surface area contributed by atoms with Gasteiger partial charge in [0.25, 0.3) is 5.91 Å². The first-order valence-electron chi connectivity index (χ1n) is 6.31. The van der Waals surface area contributed by atoms with Crippen LogP contribution in [-0.2, 0) is 9.53 Å². The molecule has 1 amide bonds. The highest BCUT2D eigenvalue weighted by Crippen LogP contribution is 2.20. The van der Waals surface area contributed by atoms with Gasteiger partial charge in [-0.1, -0.05) is 0 Å². The second kappa shape index (κ2) is 6.86. The van der Waals surface area contributed by atoms with E-state index in [2.05, 4.69) is 9.97 Å². The van der Waals surface area contributed by atoms with Gasteiger partial charge < -0.3 is 10.1 Å². The summed E-state index contributed by atoms with van der Waals surface area (Å²) in [7, 11) is 0. The summed E-state index contributed by atoms with van der Waals surface area (Å²) in [6, 6.07) is 1.51. The van der Waals surface area contributed by atoms with E-state index in [1.165, 1.54) is 19.3 Å². The lowest BCUT2D eigenvalue weighted by Crippen LogP contribution is -2.30. The summed E-state index contributed by atoms with van der Waals surface area (Å²) in [6.07, 6.45) is 2.43. The second-order valence-corrected chi connectivity index (χ2v) is 4.35. The molecule has 1 atom stereocenters. The first-order valence-corrected chi connectivity index (χ1v) is 6.31. The predicted octanol–water partition coefficient (Wildman–Crippen LogP) is 2.08. The van der Waals surface area contributed by atoms with Crippen molar-refractivity contribution in [2.75, 3.05) is 5.32 Å². The van der Waals surface area contributed by atoms with E-state index < -0.39 is 41.1 Å². The molecule has 1 heterocycles. The van der Waals surface area contributed by atoms with Gasteiger partial charge in [0.05, 0.1) is 11.9 Å².